The molecule has 94 valence electrons. The Hall–Kier alpha value is -0.820. The van der Waals surface area contributed by atoms with Crippen LogP contribution in [0, 0.1) is 19.8 Å². The average Bonchev–Trinajstić information content (AvgIpc) is 2.65. The van der Waals surface area contributed by atoms with Crippen molar-refractivity contribution in [1.82, 2.24) is 5.32 Å². The zero-order chi connectivity index (χ0) is 12.4. The quantitative estimate of drug-likeness (QED) is 0.834. The van der Waals surface area contributed by atoms with E-state index in [0.29, 0.717) is 6.04 Å². The number of nitrogens with one attached hydrogen (secondary N) is 1. The van der Waals surface area contributed by atoms with Gasteiger partial charge in [-0.2, -0.15) is 0 Å². The Morgan fingerprint density at radius 3 is 2.71 bits per heavy atom. The molecule has 17 heavy (non-hydrogen) atoms. The van der Waals surface area contributed by atoms with Crippen LogP contribution < -0.4 is 5.32 Å². The van der Waals surface area contributed by atoms with Crippen LogP contribution in [0.4, 0.5) is 0 Å². The highest BCUT2D eigenvalue weighted by Crippen LogP contribution is 2.33. The average molecular weight is 231 g/mol. The van der Waals surface area contributed by atoms with Crippen molar-refractivity contribution in [3.8, 4) is 0 Å². The molecule has 1 aromatic carbocycles. The van der Waals surface area contributed by atoms with E-state index in [9.17, 15) is 0 Å². The summed E-state index contributed by atoms with van der Waals surface area (Å²) >= 11 is 0. The summed E-state index contributed by atoms with van der Waals surface area (Å²) in [4.78, 5) is 0. The summed E-state index contributed by atoms with van der Waals surface area (Å²) in [5.41, 5.74) is 4.40. The molecule has 0 aromatic heterocycles. The van der Waals surface area contributed by atoms with Crippen molar-refractivity contribution < 1.29 is 0 Å². The largest absolute Gasteiger partial charge is 0.313 e. The first-order valence-electron chi connectivity index (χ1n) is 6.88. The topological polar surface area (TPSA) is 12.0 Å². The van der Waals surface area contributed by atoms with Crippen LogP contribution in [-0.4, -0.2) is 12.6 Å². The van der Waals surface area contributed by atoms with Gasteiger partial charge in [0.1, 0.15) is 0 Å². The minimum atomic E-state index is 0.677. The van der Waals surface area contributed by atoms with E-state index < -0.39 is 0 Å². The van der Waals surface area contributed by atoms with Gasteiger partial charge in [-0.15, -0.1) is 0 Å². The summed E-state index contributed by atoms with van der Waals surface area (Å²) in [7, 11) is 0. The SMILES string of the molecule is Cc1ccc(C2CCNC2CC(C)C)c(C)c1. The number of hydrogen-bond acceptors (Lipinski definition) is 1. The number of hydrogen-bond donors (Lipinski definition) is 1. The molecule has 0 radical (unpaired) electrons. The van der Waals surface area contributed by atoms with E-state index in [-0.39, 0.29) is 0 Å². The first-order valence-corrected chi connectivity index (χ1v) is 6.88. The highest BCUT2D eigenvalue weighted by atomic mass is 14.9. The summed E-state index contributed by atoms with van der Waals surface area (Å²) in [6.45, 7) is 10.2. The molecule has 1 nitrogen and oxygen atoms in total. The zero-order valence-corrected chi connectivity index (χ0v) is 11.6. The third-order valence-corrected chi connectivity index (χ3v) is 3.90. The third kappa shape index (κ3) is 2.90. The summed E-state index contributed by atoms with van der Waals surface area (Å²) < 4.78 is 0. The van der Waals surface area contributed by atoms with E-state index in [2.05, 4.69) is 51.2 Å². The van der Waals surface area contributed by atoms with Crippen molar-refractivity contribution in [3.63, 3.8) is 0 Å². The molecule has 2 atom stereocenters. The van der Waals surface area contributed by atoms with Crippen LogP contribution in [0.2, 0.25) is 0 Å². The minimum Gasteiger partial charge on any atom is -0.313 e. The summed E-state index contributed by atoms with van der Waals surface area (Å²) in [6, 6.07) is 7.60. The zero-order valence-electron chi connectivity index (χ0n) is 11.6. The van der Waals surface area contributed by atoms with Crippen LogP contribution in [-0.2, 0) is 0 Å². The van der Waals surface area contributed by atoms with Gasteiger partial charge >= 0.3 is 0 Å². The van der Waals surface area contributed by atoms with Crippen molar-refractivity contribution in [2.24, 2.45) is 5.92 Å². The first kappa shape index (κ1) is 12.6. The van der Waals surface area contributed by atoms with E-state index in [4.69, 9.17) is 0 Å². The van der Waals surface area contributed by atoms with Crippen LogP contribution in [0.25, 0.3) is 0 Å². The maximum absolute atomic E-state index is 3.68. The first-order chi connectivity index (χ1) is 8.08. The fourth-order valence-electron chi connectivity index (χ4n) is 3.14. The van der Waals surface area contributed by atoms with E-state index in [1.54, 1.807) is 5.56 Å². The summed E-state index contributed by atoms with van der Waals surface area (Å²) in [5, 5.41) is 3.68. The summed E-state index contributed by atoms with van der Waals surface area (Å²) in [6.07, 6.45) is 2.58. The molecule has 1 heteroatoms. The summed E-state index contributed by atoms with van der Waals surface area (Å²) in [5.74, 6) is 1.50. The molecule has 1 N–H and O–H groups in total. The van der Waals surface area contributed by atoms with E-state index in [1.807, 2.05) is 0 Å². The standard InChI is InChI=1S/C16H25N/c1-11(2)9-16-15(7-8-17-16)14-6-5-12(3)10-13(14)4/h5-6,10-11,15-17H,7-9H2,1-4H3. The Morgan fingerprint density at radius 2 is 2.06 bits per heavy atom. The highest BCUT2D eigenvalue weighted by molar-refractivity contribution is 5.34. The van der Waals surface area contributed by atoms with Crippen LogP contribution in [0.15, 0.2) is 18.2 Å². The van der Waals surface area contributed by atoms with Gasteiger partial charge in [-0.3, -0.25) is 0 Å². The predicted octanol–water partition coefficient (Wildman–Crippen LogP) is 3.80. The fourth-order valence-corrected chi connectivity index (χ4v) is 3.14. The van der Waals surface area contributed by atoms with Gasteiger partial charge in [0.25, 0.3) is 0 Å². The molecule has 0 saturated carbocycles. The Kier molecular flexibility index (Phi) is 3.88. The molecule has 2 unspecified atom stereocenters. The monoisotopic (exact) mass is 231 g/mol. The Labute approximate surface area is 106 Å². The Balaban J connectivity index is 2.20. The predicted molar refractivity (Wildman–Crippen MR) is 74.5 cm³/mol. The number of aryl methyl sites for hydroxylation is 2. The Bertz CT molecular complexity index is 381. The maximum atomic E-state index is 3.68. The van der Waals surface area contributed by atoms with Gasteiger partial charge in [-0.25, -0.2) is 0 Å². The van der Waals surface area contributed by atoms with Crippen molar-refractivity contribution in [3.05, 3.63) is 34.9 Å². The second kappa shape index (κ2) is 5.22. The van der Waals surface area contributed by atoms with Crippen LogP contribution in [0.3, 0.4) is 0 Å². The molecule has 0 spiro atoms. The Morgan fingerprint density at radius 1 is 1.29 bits per heavy atom. The lowest BCUT2D eigenvalue weighted by Gasteiger charge is -2.23. The third-order valence-electron chi connectivity index (χ3n) is 3.90. The molecule has 1 saturated heterocycles. The van der Waals surface area contributed by atoms with Gasteiger partial charge in [0.15, 0.2) is 0 Å². The second-order valence-electron chi connectivity index (χ2n) is 5.95. The maximum Gasteiger partial charge on any atom is 0.0139 e. The smallest absolute Gasteiger partial charge is 0.0139 e. The molecule has 2 rings (SSSR count). The minimum absolute atomic E-state index is 0.677. The lowest BCUT2D eigenvalue weighted by molar-refractivity contribution is 0.433. The van der Waals surface area contributed by atoms with E-state index in [0.717, 1.165) is 11.8 Å². The molecule has 1 aromatic rings. The lowest BCUT2D eigenvalue weighted by Crippen LogP contribution is -2.27. The van der Waals surface area contributed by atoms with Crippen molar-refractivity contribution in [1.29, 1.82) is 0 Å². The molecule has 0 amide bonds. The van der Waals surface area contributed by atoms with Crippen molar-refractivity contribution in [2.45, 2.75) is 52.5 Å². The number of rotatable bonds is 3. The molecular weight excluding hydrogens is 206 g/mol. The molecular formula is C16H25N. The number of benzene rings is 1. The van der Waals surface area contributed by atoms with Gasteiger partial charge in [-0.05, 0) is 50.3 Å². The second-order valence-corrected chi connectivity index (χ2v) is 5.95. The van der Waals surface area contributed by atoms with Crippen LogP contribution >= 0.6 is 0 Å². The normalized spacial score (nSPS) is 24.5. The van der Waals surface area contributed by atoms with Gasteiger partial charge in [-0.1, -0.05) is 37.6 Å². The molecule has 1 aliphatic heterocycles. The molecule has 1 heterocycles. The van der Waals surface area contributed by atoms with Gasteiger partial charge in [0.05, 0.1) is 0 Å². The molecule has 1 aliphatic rings. The van der Waals surface area contributed by atoms with Gasteiger partial charge in [0.2, 0.25) is 0 Å². The molecule has 0 aliphatic carbocycles. The van der Waals surface area contributed by atoms with E-state index in [1.165, 1.54) is 30.5 Å². The van der Waals surface area contributed by atoms with Crippen molar-refractivity contribution >= 4 is 0 Å². The molecule has 1 fully saturated rings. The highest BCUT2D eigenvalue weighted by Gasteiger charge is 2.29. The fraction of sp³-hybridized carbons (Fsp3) is 0.625. The van der Waals surface area contributed by atoms with Gasteiger partial charge in [0, 0.05) is 12.0 Å². The lowest BCUT2D eigenvalue weighted by atomic mass is 9.85. The van der Waals surface area contributed by atoms with Crippen LogP contribution in [0.5, 0.6) is 0 Å². The van der Waals surface area contributed by atoms with Crippen LogP contribution in [0.1, 0.15) is 49.3 Å². The van der Waals surface area contributed by atoms with Gasteiger partial charge < -0.3 is 5.32 Å². The van der Waals surface area contributed by atoms with Crippen molar-refractivity contribution in [2.75, 3.05) is 6.54 Å². The molecule has 0 bridgehead atoms. The van der Waals surface area contributed by atoms with E-state index >= 15 is 0 Å².